The Morgan fingerprint density at radius 2 is 2.10 bits per heavy atom. The van der Waals surface area contributed by atoms with Gasteiger partial charge in [-0.3, -0.25) is 5.10 Å². The molecule has 0 spiro atoms. The molecule has 2 aromatic rings. The first kappa shape index (κ1) is 19.8. The van der Waals surface area contributed by atoms with Crippen LogP contribution in [0.25, 0.3) is 0 Å². The van der Waals surface area contributed by atoms with Gasteiger partial charge in [0.05, 0.1) is 10.6 Å². The molecule has 1 fully saturated rings. The zero-order valence-electron chi connectivity index (χ0n) is 16.6. The number of sulfone groups is 1. The minimum absolute atomic E-state index is 0.0558. The minimum Gasteiger partial charge on any atom is -0.446 e. The number of ether oxygens (including phenoxy) is 1. The minimum atomic E-state index is -3.11. The van der Waals surface area contributed by atoms with Gasteiger partial charge in [-0.2, -0.15) is 5.10 Å². The van der Waals surface area contributed by atoms with Gasteiger partial charge in [-0.1, -0.05) is 0 Å². The van der Waals surface area contributed by atoms with Crippen molar-refractivity contribution in [1.29, 1.82) is 0 Å². The van der Waals surface area contributed by atoms with E-state index in [0.717, 1.165) is 36.2 Å². The molecule has 1 saturated carbocycles. The summed E-state index contributed by atoms with van der Waals surface area (Å²) in [5.74, 6) is 1.13. The quantitative estimate of drug-likeness (QED) is 0.687. The molecule has 1 amide bonds. The van der Waals surface area contributed by atoms with Crippen LogP contribution in [0.4, 0.5) is 16.3 Å². The maximum absolute atomic E-state index is 11.9. The van der Waals surface area contributed by atoms with Gasteiger partial charge in [0.1, 0.15) is 6.10 Å². The van der Waals surface area contributed by atoms with E-state index in [1.165, 1.54) is 0 Å². The number of aryl methyl sites for hydroxylation is 1. The summed E-state index contributed by atoms with van der Waals surface area (Å²) >= 11 is 0. The molecular formula is C20H26N4O4S. The number of aromatic amines is 1. The van der Waals surface area contributed by atoms with E-state index < -0.39 is 9.84 Å². The average Bonchev–Trinajstić information content (AvgIpc) is 3.34. The van der Waals surface area contributed by atoms with Gasteiger partial charge in [0.2, 0.25) is 0 Å². The number of anilines is 2. The third kappa shape index (κ3) is 4.39. The highest BCUT2D eigenvalue weighted by atomic mass is 32.2. The SMILES string of the molecule is CC(C)NC(=O)O[C@@H]1CC[C@H](c2cc(Nc3ccc4c(c3)CCS4(=O)=O)n[nH]2)C1. The molecule has 0 unspecified atom stereocenters. The molecule has 0 radical (unpaired) electrons. The summed E-state index contributed by atoms with van der Waals surface area (Å²) in [5, 5.41) is 13.4. The van der Waals surface area contributed by atoms with Crippen LogP contribution in [-0.2, 0) is 21.0 Å². The van der Waals surface area contributed by atoms with E-state index in [4.69, 9.17) is 4.74 Å². The van der Waals surface area contributed by atoms with Gasteiger partial charge >= 0.3 is 6.09 Å². The molecule has 8 nitrogen and oxygen atoms in total. The van der Waals surface area contributed by atoms with Crippen LogP contribution in [0.15, 0.2) is 29.2 Å². The molecule has 1 aliphatic heterocycles. The lowest BCUT2D eigenvalue weighted by Gasteiger charge is -2.14. The van der Waals surface area contributed by atoms with E-state index in [9.17, 15) is 13.2 Å². The fourth-order valence-corrected chi connectivity index (χ4v) is 5.56. The normalized spacial score (nSPS) is 22.4. The van der Waals surface area contributed by atoms with Crippen LogP contribution >= 0.6 is 0 Å². The van der Waals surface area contributed by atoms with Crippen molar-refractivity contribution in [3.8, 4) is 0 Å². The molecule has 2 atom stereocenters. The lowest BCUT2D eigenvalue weighted by atomic mass is 10.0. The molecule has 1 aromatic carbocycles. The van der Waals surface area contributed by atoms with Crippen molar-refractivity contribution in [2.45, 2.75) is 62.5 Å². The first-order valence-electron chi connectivity index (χ1n) is 9.95. The van der Waals surface area contributed by atoms with Crippen molar-refractivity contribution in [2.24, 2.45) is 0 Å². The van der Waals surface area contributed by atoms with Gasteiger partial charge in [0.25, 0.3) is 0 Å². The highest BCUT2D eigenvalue weighted by Gasteiger charge is 2.30. The standard InChI is InChI=1S/C20H26N4O4S/c1-12(2)21-20(25)28-16-5-3-13(10-16)17-11-19(24-23-17)22-15-4-6-18-14(9-15)7-8-29(18,26)27/h4,6,9,11-13,16H,3,5,7-8,10H2,1-2H3,(H,21,25)(H2,22,23,24)/t13-,16+/m0/s1. The Morgan fingerprint density at radius 1 is 1.28 bits per heavy atom. The van der Waals surface area contributed by atoms with Crippen molar-refractivity contribution in [3.05, 3.63) is 35.5 Å². The first-order chi connectivity index (χ1) is 13.8. The zero-order chi connectivity index (χ0) is 20.6. The maximum Gasteiger partial charge on any atom is 0.407 e. The highest BCUT2D eigenvalue weighted by Crippen LogP contribution is 2.36. The number of aromatic nitrogens is 2. The molecule has 156 valence electrons. The van der Waals surface area contributed by atoms with Gasteiger partial charge in [0.15, 0.2) is 15.7 Å². The van der Waals surface area contributed by atoms with Crippen LogP contribution in [0.5, 0.6) is 0 Å². The number of hydrogen-bond donors (Lipinski definition) is 3. The second-order valence-corrected chi connectivity index (χ2v) is 10.1. The molecule has 1 aromatic heterocycles. The van der Waals surface area contributed by atoms with Crippen LogP contribution in [0.3, 0.4) is 0 Å². The fourth-order valence-electron chi connectivity index (χ4n) is 4.02. The molecule has 3 N–H and O–H groups in total. The van der Waals surface area contributed by atoms with Gasteiger partial charge in [-0.05, 0) is 63.3 Å². The Bertz CT molecular complexity index is 1020. The topological polar surface area (TPSA) is 113 Å². The van der Waals surface area contributed by atoms with Crippen molar-refractivity contribution >= 4 is 27.4 Å². The number of hydrogen-bond acceptors (Lipinski definition) is 6. The molecule has 0 bridgehead atoms. The molecule has 29 heavy (non-hydrogen) atoms. The van der Waals surface area contributed by atoms with Gasteiger partial charge < -0.3 is 15.4 Å². The average molecular weight is 419 g/mol. The number of benzene rings is 1. The van der Waals surface area contributed by atoms with Crippen LogP contribution in [0.2, 0.25) is 0 Å². The lowest BCUT2D eigenvalue weighted by Crippen LogP contribution is -2.33. The second kappa shape index (κ2) is 7.70. The number of rotatable bonds is 5. The summed E-state index contributed by atoms with van der Waals surface area (Å²) in [6.07, 6.45) is 2.62. The molecule has 9 heteroatoms. The van der Waals surface area contributed by atoms with E-state index in [1.54, 1.807) is 12.1 Å². The first-order valence-corrected chi connectivity index (χ1v) is 11.6. The molecule has 0 saturated heterocycles. The summed E-state index contributed by atoms with van der Waals surface area (Å²) in [6.45, 7) is 3.80. The van der Waals surface area contributed by atoms with Crippen molar-refractivity contribution in [1.82, 2.24) is 15.5 Å². The predicted octanol–water partition coefficient (Wildman–Crippen LogP) is 3.25. The monoisotopic (exact) mass is 418 g/mol. The molecular weight excluding hydrogens is 392 g/mol. The van der Waals surface area contributed by atoms with E-state index in [-0.39, 0.29) is 29.9 Å². The predicted molar refractivity (Wildman–Crippen MR) is 109 cm³/mol. The number of fused-ring (bicyclic) bond motifs is 1. The third-order valence-electron chi connectivity index (χ3n) is 5.41. The summed E-state index contributed by atoms with van der Waals surface area (Å²) in [7, 11) is -3.11. The number of H-pyrrole nitrogens is 1. The lowest BCUT2D eigenvalue weighted by molar-refractivity contribution is 0.0981. The Morgan fingerprint density at radius 3 is 2.90 bits per heavy atom. The Hall–Kier alpha value is -2.55. The maximum atomic E-state index is 11.9. The van der Waals surface area contributed by atoms with E-state index in [2.05, 4.69) is 20.8 Å². The van der Waals surface area contributed by atoms with Gasteiger partial charge in [-0.25, -0.2) is 13.2 Å². The molecule has 4 rings (SSSR count). The highest BCUT2D eigenvalue weighted by molar-refractivity contribution is 7.91. The van der Waals surface area contributed by atoms with E-state index in [1.807, 2.05) is 26.0 Å². The number of nitrogens with zero attached hydrogens (tertiary/aromatic N) is 1. The summed E-state index contributed by atoms with van der Waals surface area (Å²) in [5.41, 5.74) is 2.67. The van der Waals surface area contributed by atoms with Crippen molar-refractivity contribution in [3.63, 3.8) is 0 Å². The largest absolute Gasteiger partial charge is 0.446 e. The molecule has 2 heterocycles. The van der Waals surface area contributed by atoms with Gasteiger partial charge in [0, 0.05) is 29.4 Å². The number of amides is 1. The Balaban J connectivity index is 1.37. The third-order valence-corrected chi connectivity index (χ3v) is 7.22. The fraction of sp³-hybridized carbons (Fsp3) is 0.500. The van der Waals surface area contributed by atoms with E-state index >= 15 is 0 Å². The number of carbonyl (C=O) groups excluding carboxylic acids is 1. The van der Waals surface area contributed by atoms with E-state index in [0.29, 0.717) is 17.1 Å². The van der Waals surface area contributed by atoms with Crippen LogP contribution in [-0.4, -0.2) is 42.6 Å². The van der Waals surface area contributed by atoms with Crippen LogP contribution in [0.1, 0.15) is 50.3 Å². The molecule has 2 aliphatic rings. The Labute approximate surface area is 170 Å². The van der Waals surface area contributed by atoms with Crippen molar-refractivity contribution in [2.75, 3.05) is 11.1 Å². The van der Waals surface area contributed by atoms with Crippen LogP contribution in [0, 0.1) is 0 Å². The summed E-state index contributed by atoms with van der Waals surface area (Å²) in [6, 6.07) is 7.32. The Kier molecular flexibility index (Phi) is 5.24. The number of alkyl carbamates (subject to hydrolysis) is 1. The number of carbonyl (C=O) groups is 1. The van der Waals surface area contributed by atoms with Crippen LogP contribution < -0.4 is 10.6 Å². The summed E-state index contributed by atoms with van der Waals surface area (Å²) < 4.78 is 29.4. The molecule has 1 aliphatic carbocycles. The second-order valence-electron chi connectivity index (χ2n) is 8.06. The number of nitrogens with one attached hydrogen (secondary N) is 3. The smallest absolute Gasteiger partial charge is 0.407 e. The zero-order valence-corrected chi connectivity index (χ0v) is 17.4. The van der Waals surface area contributed by atoms with Crippen molar-refractivity contribution < 1.29 is 17.9 Å². The van der Waals surface area contributed by atoms with Gasteiger partial charge in [-0.15, -0.1) is 0 Å². The summed E-state index contributed by atoms with van der Waals surface area (Å²) in [4.78, 5) is 12.2.